The molecule has 0 fully saturated rings. The first-order chi connectivity index (χ1) is 19.4. The molecule has 41 heavy (non-hydrogen) atoms. The third-order valence-corrected chi connectivity index (χ3v) is 6.55. The van der Waals surface area contributed by atoms with E-state index in [1.165, 1.54) is 21.9 Å². The summed E-state index contributed by atoms with van der Waals surface area (Å²) in [6.07, 6.45) is -2.92. The van der Waals surface area contributed by atoms with Crippen molar-refractivity contribution in [1.82, 2.24) is 15.0 Å². The van der Waals surface area contributed by atoms with E-state index in [-0.39, 0.29) is 18.1 Å². The van der Waals surface area contributed by atoms with Crippen molar-refractivity contribution in [3.63, 3.8) is 0 Å². The second-order valence-corrected chi connectivity index (χ2v) is 9.77. The number of benzene rings is 2. The molecule has 4 aromatic rings. The Bertz CT molecular complexity index is 1650. The number of aryl methyl sites for hydroxylation is 3. The van der Waals surface area contributed by atoms with Gasteiger partial charge in [0.2, 0.25) is 5.95 Å². The van der Waals surface area contributed by atoms with E-state index in [2.05, 4.69) is 25.6 Å². The lowest BCUT2D eigenvalue weighted by Gasteiger charge is -2.35. The summed E-state index contributed by atoms with van der Waals surface area (Å²) in [5, 5.41) is 5.79. The maximum Gasteiger partial charge on any atom is 0.416 e. The lowest BCUT2D eigenvalue weighted by Crippen LogP contribution is -2.46. The standard InChI is InChI=1S/C29H26F3N7O2/c1-16-8-9-22(35-26(40)19-6-5-7-21(12-19)29(30,31)32)13-24(16)39-15-20-14-33-27(37-25(20)38(4)28(39)41)36-23-10-17(2)34-18(3)11-23/h5-14H,15H2,1-4H3,(H,35,40)(H,33,34,36,37). The number of pyridine rings is 1. The van der Waals surface area contributed by atoms with E-state index < -0.39 is 17.6 Å². The molecule has 5 rings (SSSR count). The van der Waals surface area contributed by atoms with Crippen molar-refractivity contribution in [2.24, 2.45) is 0 Å². The number of nitrogens with zero attached hydrogens (tertiary/aromatic N) is 5. The average Bonchev–Trinajstić information content (AvgIpc) is 2.91. The van der Waals surface area contributed by atoms with Crippen molar-refractivity contribution in [3.05, 3.63) is 94.4 Å². The topological polar surface area (TPSA) is 103 Å². The molecule has 0 aliphatic carbocycles. The Labute approximate surface area is 234 Å². The molecule has 0 spiro atoms. The zero-order valence-corrected chi connectivity index (χ0v) is 22.7. The molecular formula is C29H26F3N7O2. The number of fused-ring (bicyclic) bond motifs is 1. The Morgan fingerprint density at radius 2 is 1.68 bits per heavy atom. The first kappa shape index (κ1) is 27.6. The number of anilines is 5. The third kappa shape index (κ3) is 5.81. The number of nitrogens with one attached hydrogen (secondary N) is 2. The van der Waals surface area contributed by atoms with Gasteiger partial charge in [-0.1, -0.05) is 12.1 Å². The largest absolute Gasteiger partial charge is 0.416 e. The predicted octanol–water partition coefficient (Wildman–Crippen LogP) is 6.39. The summed E-state index contributed by atoms with van der Waals surface area (Å²) in [6, 6.07) is 12.5. The van der Waals surface area contributed by atoms with Crippen LogP contribution < -0.4 is 20.4 Å². The van der Waals surface area contributed by atoms with Crippen LogP contribution in [-0.4, -0.2) is 33.9 Å². The molecule has 2 aromatic carbocycles. The third-order valence-electron chi connectivity index (χ3n) is 6.55. The van der Waals surface area contributed by atoms with Crippen LogP contribution in [0.15, 0.2) is 60.8 Å². The maximum atomic E-state index is 13.5. The van der Waals surface area contributed by atoms with Crippen molar-refractivity contribution in [2.75, 3.05) is 27.5 Å². The first-order valence-electron chi connectivity index (χ1n) is 12.6. The summed E-state index contributed by atoms with van der Waals surface area (Å²) in [4.78, 5) is 42.5. The van der Waals surface area contributed by atoms with E-state index in [9.17, 15) is 22.8 Å². The van der Waals surface area contributed by atoms with E-state index >= 15 is 0 Å². The van der Waals surface area contributed by atoms with Gasteiger partial charge in [0.25, 0.3) is 5.91 Å². The fourth-order valence-corrected chi connectivity index (χ4v) is 4.61. The highest BCUT2D eigenvalue weighted by Gasteiger charge is 2.32. The van der Waals surface area contributed by atoms with Gasteiger partial charge in [0.1, 0.15) is 5.82 Å². The molecule has 2 N–H and O–H groups in total. The minimum Gasteiger partial charge on any atom is -0.324 e. The van der Waals surface area contributed by atoms with Gasteiger partial charge < -0.3 is 10.6 Å². The van der Waals surface area contributed by atoms with Crippen molar-refractivity contribution >= 4 is 40.8 Å². The van der Waals surface area contributed by atoms with Crippen LogP contribution in [0.1, 0.15) is 38.4 Å². The summed E-state index contributed by atoms with van der Waals surface area (Å²) in [7, 11) is 1.61. The van der Waals surface area contributed by atoms with Crippen LogP contribution >= 0.6 is 0 Å². The van der Waals surface area contributed by atoms with Crippen molar-refractivity contribution in [2.45, 2.75) is 33.5 Å². The second-order valence-electron chi connectivity index (χ2n) is 9.77. The molecule has 0 saturated carbocycles. The van der Waals surface area contributed by atoms with Gasteiger partial charge in [-0.2, -0.15) is 18.2 Å². The highest BCUT2D eigenvalue weighted by atomic mass is 19.4. The summed E-state index contributed by atoms with van der Waals surface area (Å²) in [5.41, 5.74) is 3.74. The molecule has 9 nitrogen and oxygen atoms in total. The van der Waals surface area contributed by atoms with Crippen molar-refractivity contribution < 1.29 is 22.8 Å². The highest BCUT2D eigenvalue weighted by molar-refractivity contribution is 6.07. The summed E-state index contributed by atoms with van der Waals surface area (Å²) in [6.45, 7) is 5.78. The zero-order valence-electron chi connectivity index (χ0n) is 22.7. The number of hydrogen-bond acceptors (Lipinski definition) is 6. The van der Waals surface area contributed by atoms with Gasteiger partial charge in [-0.3, -0.25) is 19.6 Å². The van der Waals surface area contributed by atoms with E-state index in [1.54, 1.807) is 31.4 Å². The quantitative estimate of drug-likeness (QED) is 0.293. The van der Waals surface area contributed by atoms with Crippen LogP contribution in [0, 0.1) is 20.8 Å². The average molecular weight is 562 g/mol. The predicted molar refractivity (Wildman–Crippen MR) is 150 cm³/mol. The molecule has 2 aromatic heterocycles. The SMILES string of the molecule is Cc1cc(Nc2ncc3c(n2)N(C)C(=O)N(c2cc(NC(=O)c4cccc(C(F)(F)F)c4)ccc2C)C3)cc(C)n1. The Hall–Kier alpha value is -5.00. The fraction of sp³-hybridized carbons (Fsp3) is 0.207. The minimum absolute atomic E-state index is 0.136. The molecule has 12 heteroatoms. The number of halogens is 3. The van der Waals surface area contributed by atoms with E-state index in [0.29, 0.717) is 28.7 Å². The highest BCUT2D eigenvalue weighted by Crippen LogP contribution is 2.34. The van der Waals surface area contributed by atoms with E-state index in [1.807, 2.05) is 32.9 Å². The van der Waals surface area contributed by atoms with Gasteiger partial charge in [-0.25, -0.2) is 9.78 Å². The van der Waals surface area contributed by atoms with Crippen LogP contribution in [0.5, 0.6) is 0 Å². The summed E-state index contributed by atoms with van der Waals surface area (Å²) >= 11 is 0. The number of hydrogen-bond donors (Lipinski definition) is 2. The van der Waals surface area contributed by atoms with Gasteiger partial charge >= 0.3 is 12.2 Å². The molecule has 0 bridgehead atoms. The molecule has 3 heterocycles. The number of carbonyl (C=O) groups is 2. The first-order valence-corrected chi connectivity index (χ1v) is 12.6. The molecule has 210 valence electrons. The van der Waals surface area contributed by atoms with E-state index in [4.69, 9.17) is 0 Å². The van der Waals surface area contributed by atoms with Gasteiger partial charge in [0.05, 0.1) is 17.8 Å². The number of amides is 3. The molecule has 0 atom stereocenters. The fourth-order valence-electron chi connectivity index (χ4n) is 4.61. The molecule has 0 radical (unpaired) electrons. The lowest BCUT2D eigenvalue weighted by molar-refractivity contribution is -0.137. The van der Waals surface area contributed by atoms with Gasteiger partial charge in [-0.15, -0.1) is 0 Å². The van der Waals surface area contributed by atoms with Crippen LogP contribution in [-0.2, 0) is 12.7 Å². The van der Waals surface area contributed by atoms with Crippen molar-refractivity contribution in [1.29, 1.82) is 0 Å². The molecule has 3 amide bonds. The monoisotopic (exact) mass is 561 g/mol. The van der Waals surface area contributed by atoms with Crippen LogP contribution in [0.25, 0.3) is 0 Å². The Balaban J connectivity index is 1.38. The van der Waals surface area contributed by atoms with Crippen LogP contribution in [0.3, 0.4) is 0 Å². The Morgan fingerprint density at radius 3 is 2.39 bits per heavy atom. The molecule has 0 unspecified atom stereocenters. The number of urea groups is 1. The number of aromatic nitrogens is 3. The normalized spacial score (nSPS) is 13.2. The van der Waals surface area contributed by atoms with Gasteiger partial charge in [0.15, 0.2) is 0 Å². The second kappa shape index (κ2) is 10.5. The molecule has 0 saturated heterocycles. The molecule has 1 aliphatic heterocycles. The van der Waals surface area contributed by atoms with Crippen LogP contribution in [0.2, 0.25) is 0 Å². The minimum atomic E-state index is -4.57. The number of rotatable bonds is 5. The summed E-state index contributed by atoms with van der Waals surface area (Å²) < 4.78 is 39.3. The van der Waals surface area contributed by atoms with Gasteiger partial charge in [0, 0.05) is 47.1 Å². The smallest absolute Gasteiger partial charge is 0.324 e. The lowest BCUT2D eigenvalue weighted by atomic mass is 10.1. The Morgan fingerprint density at radius 1 is 0.951 bits per heavy atom. The van der Waals surface area contributed by atoms with Gasteiger partial charge in [-0.05, 0) is 68.8 Å². The maximum absolute atomic E-state index is 13.5. The Kier molecular flexibility index (Phi) is 7.08. The summed E-state index contributed by atoms with van der Waals surface area (Å²) in [5.74, 6) is 0.0848. The number of alkyl halides is 3. The number of carbonyl (C=O) groups excluding carboxylic acids is 2. The van der Waals surface area contributed by atoms with Crippen LogP contribution in [0.4, 0.5) is 46.8 Å². The van der Waals surface area contributed by atoms with Crippen molar-refractivity contribution in [3.8, 4) is 0 Å². The molecule has 1 aliphatic rings. The molecular weight excluding hydrogens is 535 g/mol. The van der Waals surface area contributed by atoms with E-state index in [0.717, 1.165) is 34.8 Å². The zero-order chi connectivity index (χ0) is 29.5.